The third-order valence-electron chi connectivity index (χ3n) is 5.84. The molecule has 1 amide bonds. The third-order valence-corrected chi connectivity index (χ3v) is 5.84. The Balaban J connectivity index is 1.39. The number of halogens is 1. The molecule has 3 N–H and O–H groups in total. The molecule has 0 aliphatic rings. The van der Waals surface area contributed by atoms with E-state index in [-0.39, 0.29) is 23.1 Å². The number of nitrogen functional groups attached to an aromatic ring is 1. The fraction of sp³-hybridized carbons (Fsp3) is 0.231. The molecule has 2 aromatic heterocycles. The summed E-state index contributed by atoms with van der Waals surface area (Å²) in [5.41, 5.74) is 10.7. The largest absolute Gasteiger partial charge is 0.382 e. The molecule has 0 aliphatic heterocycles. The number of nitrogens with one attached hydrogen (secondary N) is 1. The molecule has 4 rings (SSSR count). The van der Waals surface area contributed by atoms with Crippen molar-refractivity contribution in [1.29, 1.82) is 5.26 Å². The number of aryl methyl sites for hydroxylation is 2. The number of aromatic nitrogens is 4. The molecule has 178 valence electrons. The molecule has 0 bridgehead atoms. The van der Waals surface area contributed by atoms with E-state index in [0.717, 1.165) is 11.3 Å². The maximum Gasteiger partial charge on any atom is 0.255 e. The van der Waals surface area contributed by atoms with E-state index in [1.807, 2.05) is 48.9 Å². The number of anilines is 1. The topological polar surface area (TPSA) is 115 Å². The molecule has 2 aromatic carbocycles. The van der Waals surface area contributed by atoms with Crippen molar-refractivity contribution >= 4 is 11.7 Å². The number of rotatable bonds is 8. The van der Waals surface area contributed by atoms with Crippen molar-refractivity contribution in [3.05, 3.63) is 94.2 Å². The number of nitrogens with zero attached hydrogens (tertiary/aromatic N) is 5. The molecule has 0 spiro atoms. The van der Waals surface area contributed by atoms with Gasteiger partial charge in [0.25, 0.3) is 5.91 Å². The summed E-state index contributed by atoms with van der Waals surface area (Å²) in [5.74, 6) is -0.349. The molecular weight excluding hydrogens is 445 g/mol. The zero-order valence-corrected chi connectivity index (χ0v) is 19.6. The minimum absolute atomic E-state index is 0.184. The Morgan fingerprint density at radius 1 is 1.11 bits per heavy atom. The zero-order valence-electron chi connectivity index (χ0n) is 19.6. The minimum Gasteiger partial charge on any atom is -0.382 e. The highest BCUT2D eigenvalue weighted by atomic mass is 19.1. The van der Waals surface area contributed by atoms with Crippen LogP contribution < -0.4 is 11.1 Å². The predicted molar refractivity (Wildman–Crippen MR) is 131 cm³/mol. The number of carbonyl (C=O) groups is 1. The van der Waals surface area contributed by atoms with Gasteiger partial charge in [0.1, 0.15) is 23.3 Å². The van der Waals surface area contributed by atoms with Gasteiger partial charge in [-0.25, -0.2) is 9.07 Å². The molecular formula is C26H26FN7O. The number of hydrogen-bond acceptors (Lipinski definition) is 5. The van der Waals surface area contributed by atoms with E-state index in [9.17, 15) is 14.4 Å². The van der Waals surface area contributed by atoms with E-state index in [4.69, 9.17) is 5.73 Å². The van der Waals surface area contributed by atoms with Crippen molar-refractivity contribution in [1.82, 2.24) is 24.9 Å². The van der Waals surface area contributed by atoms with E-state index in [1.165, 1.54) is 16.8 Å². The van der Waals surface area contributed by atoms with Crippen molar-refractivity contribution in [2.75, 3.05) is 12.3 Å². The number of nitrogens with two attached hydrogens (primary N) is 1. The van der Waals surface area contributed by atoms with Crippen LogP contribution >= 0.6 is 0 Å². The molecule has 0 saturated heterocycles. The monoisotopic (exact) mass is 471 g/mol. The van der Waals surface area contributed by atoms with Crippen molar-refractivity contribution in [2.24, 2.45) is 0 Å². The number of amides is 1. The molecule has 2 heterocycles. The first-order valence-electron chi connectivity index (χ1n) is 11.3. The lowest BCUT2D eigenvalue weighted by Gasteiger charge is -2.07. The highest BCUT2D eigenvalue weighted by Crippen LogP contribution is 2.22. The Morgan fingerprint density at radius 2 is 1.83 bits per heavy atom. The maximum absolute atomic E-state index is 13.2. The molecule has 0 atom stereocenters. The zero-order chi connectivity index (χ0) is 24.9. The van der Waals surface area contributed by atoms with Crippen LogP contribution in [0.5, 0.6) is 0 Å². The smallest absolute Gasteiger partial charge is 0.255 e. The summed E-state index contributed by atoms with van der Waals surface area (Å²) >= 11 is 0. The van der Waals surface area contributed by atoms with Crippen molar-refractivity contribution in [3.63, 3.8) is 0 Å². The van der Waals surface area contributed by atoms with Gasteiger partial charge in [-0.05, 0) is 56.5 Å². The van der Waals surface area contributed by atoms with E-state index < -0.39 is 0 Å². The van der Waals surface area contributed by atoms with Gasteiger partial charge in [-0.1, -0.05) is 30.3 Å². The summed E-state index contributed by atoms with van der Waals surface area (Å²) < 4.78 is 16.5. The summed E-state index contributed by atoms with van der Waals surface area (Å²) in [6.07, 6.45) is 1.02. The number of nitriles is 1. The normalized spacial score (nSPS) is 10.8. The van der Waals surface area contributed by atoms with E-state index in [0.29, 0.717) is 48.6 Å². The van der Waals surface area contributed by atoms with Crippen molar-refractivity contribution < 1.29 is 9.18 Å². The van der Waals surface area contributed by atoms with Gasteiger partial charge in [-0.2, -0.15) is 15.5 Å². The molecule has 0 unspecified atom stereocenters. The lowest BCUT2D eigenvalue weighted by molar-refractivity contribution is 0.0952. The molecule has 0 saturated carbocycles. The standard InChI is InChI=1S/C26H26FN7O/c1-17-24(18(2)33(31-17)16-19-7-4-3-5-8-19)26(35)30-14-6-9-23-22(15-28)25(29)34(32-23)21-12-10-20(27)11-13-21/h3-5,7-8,10-13H,6,9,14,16,29H2,1-2H3,(H,30,35). The van der Waals surface area contributed by atoms with Gasteiger partial charge >= 0.3 is 0 Å². The van der Waals surface area contributed by atoms with Gasteiger partial charge in [0.15, 0.2) is 0 Å². The summed E-state index contributed by atoms with van der Waals surface area (Å²) in [6.45, 7) is 4.71. The van der Waals surface area contributed by atoms with E-state index in [2.05, 4.69) is 21.6 Å². The van der Waals surface area contributed by atoms with Crippen molar-refractivity contribution in [2.45, 2.75) is 33.2 Å². The summed E-state index contributed by atoms with van der Waals surface area (Å²) in [6, 6.07) is 17.8. The Morgan fingerprint density at radius 3 is 2.51 bits per heavy atom. The first-order chi connectivity index (χ1) is 16.9. The summed E-state index contributed by atoms with van der Waals surface area (Å²) in [4.78, 5) is 12.9. The number of benzene rings is 2. The average molecular weight is 472 g/mol. The van der Waals surface area contributed by atoms with Gasteiger partial charge in [0, 0.05) is 12.2 Å². The highest BCUT2D eigenvalue weighted by molar-refractivity contribution is 5.96. The van der Waals surface area contributed by atoms with Gasteiger partial charge in [-0.15, -0.1) is 0 Å². The molecule has 0 radical (unpaired) electrons. The van der Waals surface area contributed by atoms with Crippen LogP contribution in [0.15, 0.2) is 54.6 Å². The molecule has 0 fully saturated rings. The van der Waals surface area contributed by atoms with E-state index in [1.54, 1.807) is 12.1 Å². The summed E-state index contributed by atoms with van der Waals surface area (Å²) in [7, 11) is 0. The minimum atomic E-state index is -0.368. The fourth-order valence-electron chi connectivity index (χ4n) is 4.04. The second kappa shape index (κ2) is 10.2. The second-order valence-electron chi connectivity index (χ2n) is 8.26. The fourth-order valence-corrected chi connectivity index (χ4v) is 4.04. The van der Waals surface area contributed by atoms with Crippen LogP contribution in [0.3, 0.4) is 0 Å². The first kappa shape index (κ1) is 23.7. The summed E-state index contributed by atoms with van der Waals surface area (Å²) in [5, 5.41) is 21.5. The van der Waals surface area contributed by atoms with Gasteiger partial charge < -0.3 is 11.1 Å². The van der Waals surface area contributed by atoms with Gasteiger partial charge in [-0.3, -0.25) is 9.48 Å². The average Bonchev–Trinajstić information content (AvgIpc) is 3.32. The Hall–Kier alpha value is -4.45. The van der Waals surface area contributed by atoms with Crippen LogP contribution in [0.4, 0.5) is 10.2 Å². The van der Waals surface area contributed by atoms with Crippen LogP contribution in [0.2, 0.25) is 0 Å². The number of hydrogen-bond donors (Lipinski definition) is 2. The molecule has 0 aliphatic carbocycles. The lowest BCUT2D eigenvalue weighted by Crippen LogP contribution is -2.26. The first-order valence-corrected chi connectivity index (χ1v) is 11.3. The lowest BCUT2D eigenvalue weighted by atomic mass is 10.1. The molecule has 8 nitrogen and oxygen atoms in total. The predicted octanol–water partition coefficient (Wildman–Crippen LogP) is 3.69. The SMILES string of the molecule is Cc1nn(Cc2ccccc2)c(C)c1C(=O)NCCCc1nn(-c2ccc(F)cc2)c(N)c1C#N. The molecule has 4 aromatic rings. The van der Waals surface area contributed by atoms with Crippen LogP contribution in [-0.4, -0.2) is 32.0 Å². The second-order valence-corrected chi connectivity index (χ2v) is 8.26. The van der Waals surface area contributed by atoms with Crippen LogP contribution in [0.1, 0.15) is 45.0 Å². The highest BCUT2D eigenvalue weighted by Gasteiger charge is 2.19. The number of carbonyl (C=O) groups excluding carboxylic acids is 1. The third kappa shape index (κ3) is 5.06. The Bertz CT molecular complexity index is 1380. The van der Waals surface area contributed by atoms with Crippen molar-refractivity contribution in [3.8, 4) is 11.8 Å². The van der Waals surface area contributed by atoms with E-state index >= 15 is 0 Å². The van der Waals surface area contributed by atoms with Crippen LogP contribution in [0, 0.1) is 31.0 Å². The van der Waals surface area contributed by atoms with Gasteiger partial charge in [0.05, 0.1) is 29.2 Å². The van der Waals surface area contributed by atoms with Gasteiger partial charge in [0.2, 0.25) is 0 Å². The maximum atomic E-state index is 13.2. The Labute approximate surface area is 202 Å². The van der Waals surface area contributed by atoms with Crippen LogP contribution in [-0.2, 0) is 13.0 Å². The van der Waals surface area contributed by atoms with Crippen LogP contribution in [0.25, 0.3) is 5.69 Å². The molecule has 35 heavy (non-hydrogen) atoms. The Kier molecular flexibility index (Phi) is 6.92. The quantitative estimate of drug-likeness (QED) is 0.381. The molecule has 9 heteroatoms.